The lowest BCUT2D eigenvalue weighted by molar-refractivity contribution is -0.274. The van der Waals surface area contributed by atoms with E-state index in [4.69, 9.17) is 16.3 Å². The van der Waals surface area contributed by atoms with Crippen LogP contribution in [0.5, 0.6) is 11.5 Å². The third-order valence-corrected chi connectivity index (χ3v) is 12.9. The Balaban J connectivity index is 1.27. The zero-order chi connectivity index (χ0) is 38.8. The van der Waals surface area contributed by atoms with Crippen LogP contribution < -0.4 is 9.64 Å². The number of carbonyl (C=O) groups excluding carboxylic acids is 5. The average molecular weight is 783 g/mol. The monoisotopic (exact) mass is 782 g/mol. The molecule has 2 aromatic carbocycles. The first kappa shape index (κ1) is 35.8. The van der Waals surface area contributed by atoms with Crippen LogP contribution in [0.4, 0.5) is 23.8 Å². The summed E-state index contributed by atoms with van der Waals surface area (Å²) >= 11 is 7.71. The number of hydrogen-bond donors (Lipinski definition) is 1. The summed E-state index contributed by atoms with van der Waals surface area (Å²) in [6, 6.07) is 9.99. The smallest absolute Gasteiger partial charge is 0.508 e. The Hall–Kier alpha value is -5.22. The third kappa shape index (κ3) is 5.09. The molecule has 12 nitrogen and oxygen atoms in total. The molecule has 1 saturated carbocycles. The lowest BCUT2D eigenvalue weighted by Crippen LogP contribution is -2.49. The maximum Gasteiger partial charge on any atom is 0.573 e. The molecule has 5 amide bonds. The summed E-state index contributed by atoms with van der Waals surface area (Å²) in [4.78, 5) is 71.6. The second-order valence-electron chi connectivity index (χ2n) is 14.1. The largest absolute Gasteiger partial charge is 0.573 e. The first-order valence-electron chi connectivity index (χ1n) is 16.8. The second kappa shape index (κ2) is 12.1. The molecule has 17 heteroatoms. The van der Waals surface area contributed by atoms with E-state index in [0.717, 1.165) is 50.7 Å². The fraction of sp³-hybridized carbons (Fsp3) is 0.351. The van der Waals surface area contributed by atoms with Crippen LogP contribution in [-0.4, -0.2) is 63.0 Å². The minimum absolute atomic E-state index is 0.0536. The number of nitrogens with zero attached hydrogens (tertiary/aromatic N) is 4. The molecule has 4 aliphatic rings. The number of hydrogen-bond acceptors (Lipinski definition) is 10. The van der Waals surface area contributed by atoms with E-state index in [1.807, 2.05) is 19.1 Å². The highest BCUT2D eigenvalue weighted by Crippen LogP contribution is 2.64. The molecule has 54 heavy (non-hydrogen) atoms. The second-order valence-corrected chi connectivity index (χ2v) is 15.6. The van der Waals surface area contributed by atoms with E-state index in [1.165, 1.54) is 22.9 Å². The Kier molecular flexibility index (Phi) is 8.05. The maximum absolute atomic E-state index is 15.0. The molecule has 1 N–H and O–H groups in total. The molecule has 4 heterocycles. The summed E-state index contributed by atoms with van der Waals surface area (Å²) in [7, 11) is 2.59. The molecule has 0 unspecified atom stereocenters. The van der Waals surface area contributed by atoms with E-state index in [9.17, 15) is 42.3 Å². The number of benzene rings is 2. The number of methoxy groups -OCH3 is 1. The Morgan fingerprint density at radius 2 is 1.80 bits per heavy atom. The van der Waals surface area contributed by atoms with Gasteiger partial charge in [-0.1, -0.05) is 23.3 Å². The number of anilines is 1. The van der Waals surface area contributed by atoms with Gasteiger partial charge < -0.3 is 14.6 Å². The van der Waals surface area contributed by atoms with Gasteiger partial charge in [-0.25, -0.2) is 9.69 Å². The van der Waals surface area contributed by atoms with E-state index in [0.29, 0.717) is 21.2 Å². The summed E-state index contributed by atoms with van der Waals surface area (Å²) in [6.45, 7) is 3.43. The van der Waals surface area contributed by atoms with Gasteiger partial charge in [0.2, 0.25) is 23.6 Å². The maximum atomic E-state index is 15.0. The Morgan fingerprint density at radius 3 is 2.50 bits per heavy atom. The molecular weight excluding hydrogens is 753 g/mol. The van der Waals surface area contributed by atoms with Gasteiger partial charge in [-0.2, -0.15) is 10.00 Å². The SMILES string of the molecule is COC(=O)N1C(=O)[C@H]2[C@H](CC=C3[C@H]2C[C@H]2C(=O)N(c4cc(-c5sc6ccc(Cl)cc6c5C)nn4C)C(=O)[C@@]2(C)[C@H]3c2cc(OC(F)(F)F)ccc2O)C1=O. The number of aromatic hydroxyl groups is 1. The number of phenolic OH excluding ortho intramolecular Hbond substituents is 1. The van der Waals surface area contributed by atoms with Crippen LogP contribution in [0.25, 0.3) is 20.7 Å². The van der Waals surface area contributed by atoms with Gasteiger partial charge in [0.15, 0.2) is 0 Å². The number of amides is 5. The van der Waals surface area contributed by atoms with Crippen LogP contribution in [0.1, 0.15) is 36.8 Å². The van der Waals surface area contributed by atoms with Crippen LogP contribution >= 0.6 is 22.9 Å². The fourth-order valence-corrected chi connectivity index (χ4v) is 10.3. The van der Waals surface area contributed by atoms with Crippen LogP contribution in [0.15, 0.2) is 54.1 Å². The lowest BCUT2D eigenvalue weighted by Gasteiger charge is -2.49. The highest BCUT2D eigenvalue weighted by atomic mass is 35.5. The van der Waals surface area contributed by atoms with Gasteiger partial charge in [-0.3, -0.25) is 23.9 Å². The standard InChI is InChI=1S/C37H30ClF3N4O8S/c1-15-20-11-16(38)5-10-26(20)54-30(15)24-14-27(43(3)42-24)44-32(48)23-13-21-18(7-8-19-28(21)33(49)45(31(19)47)35(51)52-4)29(36(23,2)34(44)50)22-12-17(6-9-25(22)46)53-37(39,40)41/h5-7,9-12,14,19,21,23,28-29,46H,8,13H2,1-4H3/t19-,21+,23-,28-,29+,36+/m0/s1. The number of aromatic nitrogens is 2. The van der Waals surface area contributed by atoms with Crippen molar-refractivity contribution in [3.05, 3.63) is 70.3 Å². The summed E-state index contributed by atoms with van der Waals surface area (Å²) in [5.74, 6) is -9.55. The molecule has 0 radical (unpaired) electrons. The number of aryl methyl sites for hydroxylation is 2. The first-order chi connectivity index (χ1) is 25.5. The van der Waals surface area contributed by atoms with Crippen molar-refractivity contribution in [2.75, 3.05) is 12.0 Å². The van der Waals surface area contributed by atoms with Crippen LogP contribution in [-0.2, 0) is 31.0 Å². The van der Waals surface area contributed by atoms with Crippen molar-refractivity contribution in [3.8, 4) is 22.1 Å². The number of halogens is 4. The van der Waals surface area contributed by atoms with Crippen molar-refractivity contribution in [2.24, 2.45) is 36.1 Å². The van der Waals surface area contributed by atoms with Crippen LogP contribution in [0.2, 0.25) is 5.02 Å². The zero-order valence-electron chi connectivity index (χ0n) is 28.9. The van der Waals surface area contributed by atoms with Crippen LogP contribution in [0, 0.1) is 36.0 Å². The number of fused-ring (bicyclic) bond motifs is 5. The molecular formula is C37H30ClF3N4O8S. The first-order valence-corrected chi connectivity index (χ1v) is 18.0. The Bertz CT molecular complexity index is 2390. The van der Waals surface area contributed by atoms with Crippen molar-refractivity contribution in [1.82, 2.24) is 14.7 Å². The van der Waals surface area contributed by atoms with E-state index in [2.05, 4.69) is 9.84 Å². The van der Waals surface area contributed by atoms with E-state index in [1.54, 1.807) is 25.3 Å². The van der Waals surface area contributed by atoms with E-state index in [-0.39, 0.29) is 24.2 Å². The minimum atomic E-state index is -5.09. The molecule has 2 saturated heterocycles. The normalized spacial score (nSPS) is 26.6. The molecule has 0 bridgehead atoms. The van der Waals surface area contributed by atoms with Gasteiger partial charge in [0.05, 0.1) is 35.2 Å². The molecule has 8 rings (SSSR count). The molecule has 4 aromatic rings. The van der Waals surface area contributed by atoms with Gasteiger partial charge in [-0.05, 0) is 80.0 Å². The molecule has 2 aliphatic heterocycles. The number of alkyl halides is 3. The van der Waals surface area contributed by atoms with Crippen LogP contribution in [0.3, 0.4) is 0 Å². The molecule has 280 valence electrons. The highest BCUT2D eigenvalue weighted by molar-refractivity contribution is 7.22. The predicted octanol–water partition coefficient (Wildman–Crippen LogP) is 6.86. The number of likely N-dealkylation sites (tertiary alicyclic amines) is 1. The quantitative estimate of drug-likeness (QED) is 0.173. The van der Waals surface area contributed by atoms with E-state index < -0.39 is 82.6 Å². The van der Waals surface area contributed by atoms with Crippen molar-refractivity contribution in [2.45, 2.75) is 39.0 Å². The Morgan fingerprint density at radius 1 is 1.06 bits per heavy atom. The minimum Gasteiger partial charge on any atom is -0.508 e. The number of allylic oxidation sites excluding steroid dienone is 2. The summed E-state index contributed by atoms with van der Waals surface area (Å²) in [5, 5.41) is 17.4. The molecule has 2 aromatic heterocycles. The number of thiophene rings is 1. The number of ether oxygens (including phenoxy) is 2. The zero-order valence-corrected chi connectivity index (χ0v) is 30.5. The van der Waals surface area contributed by atoms with Crippen molar-refractivity contribution in [3.63, 3.8) is 0 Å². The van der Waals surface area contributed by atoms with Gasteiger partial charge in [-0.15, -0.1) is 24.5 Å². The average Bonchev–Trinajstić information content (AvgIpc) is 3.78. The van der Waals surface area contributed by atoms with E-state index >= 15 is 0 Å². The fourth-order valence-electron chi connectivity index (χ4n) is 9.03. The predicted molar refractivity (Wildman–Crippen MR) is 187 cm³/mol. The van der Waals surface area contributed by atoms with Gasteiger partial charge >= 0.3 is 12.5 Å². The topological polar surface area (TPSA) is 148 Å². The molecule has 2 aliphatic carbocycles. The van der Waals surface area contributed by atoms with Gasteiger partial charge in [0.1, 0.15) is 23.0 Å². The molecule has 3 fully saturated rings. The van der Waals surface area contributed by atoms with Gasteiger partial charge in [0.25, 0.3) is 0 Å². The summed E-state index contributed by atoms with van der Waals surface area (Å²) in [6.07, 6.45) is -4.81. The lowest BCUT2D eigenvalue weighted by atomic mass is 9.51. The van der Waals surface area contributed by atoms with Crippen molar-refractivity contribution in [1.29, 1.82) is 0 Å². The van der Waals surface area contributed by atoms with Crippen molar-refractivity contribution >= 4 is 68.6 Å². The summed E-state index contributed by atoms with van der Waals surface area (Å²) < 4.78 is 51.5. The number of phenols is 1. The number of carbonyl (C=O) groups is 5. The van der Waals surface area contributed by atoms with Gasteiger partial charge in [0, 0.05) is 34.3 Å². The Labute approximate surface area is 313 Å². The summed E-state index contributed by atoms with van der Waals surface area (Å²) in [5.41, 5.74) is -0.126. The third-order valence-electron chi connectivity index (χ3n) is 11.4. The number of imide groups is 4. The molecule has 6 atom stereocenters. The highest BCUT2D eigenvalue weighted by Gasteiger charge is 2.68. The molecule has 0 spiro atoms. The number of rotatable bonds is 4. The van der Waals surface area contributed by atoms with Crippen molar-refractivity contribution < 1.29 is 51.7 Å².